The highest BCUT2D eigenvalue weighted by molar-refractivity contribution is 5.95. The third kappa shape index (κ3) is 6.21. The Balaban J connectivity index is 1.95. The third-order valence-corrected chi connectivity index (χ3v) is 5.23. The maximum Gasteiger partial charge on any atom is 0.416 e. The Kier molecular flexibility index (Phi) is 7.55. The van der Waals surface area contributed by atoms with Crippen molar-refractivity contribution >= 4 is 11.8 Å². The second kappa shape index (κ2) is 10.1. The van der Waals surface area contributed by atoms with E-state index in [2.05, 4.69) is 25.4 Å². The maximum atomic E-state index is 13.2. The van der Waals surface area contributed by atoms with E-state index in [4.69, 9.17) is 0 Å². The van der Waals surface area contributed by atoms with E-state index in [0.717, 1.165) is 6.33 Å². The van der Waals surface area contributed by atoms with Crippen LogP contribution < -0.4 is 5.32 Å². The predicted molar refractivity (Wildman–Crippen MR) is 117 cm³/mol. The van der Waals surface area contributed by atoms with Gasteiger partial charge in [-0.2, -0.15) is 31.0 Å². The largest absolute Gasteiger partial charge is 0.416 e. The second-order valence-electron chi connectivity index (χ2n) is 8.00. The van der Waals surface area contributed by atoms with Crippen molar-refractivity contribution in [1.29, 1.82) is 0 Å². The molecular weight excluding hydrogens is 508 g/mol. The highest BCUT2D eigenvalue weighted by atomic mass is 19.4. The number of aryl methyl sites for hydroxylation is 1. The number of nitrogens with zero attached hydrogens (tertiary/aromatic N) is 6. The van der Waals surface area contributed by atoms with Crippen LogP contribution in [-0.2, 0) is 12.4 Å². The Morgan fingerprint density at radius 3 is 2.16 bits per heavy atom. The smallest absolute Gasteiger partial charge is 0.342 e. The van der Waals surface area contributed by atoms with Crippen molar-refractivity contribution < 1.29 is 35.9 Å². The first-order chi connectivity index (χ1) is 17.1. The van der Waals surface area contributed by atoms with Gasteiger partial charge in [0.2, 0.25) is 0 Å². The summed E-state index contributed by atoms with van der Waals surface area (Å²) in [5, 5.41) is 6.52. The Labute approximate surface area is 206 Å². The molecule has 1 aromatic carbocycles. The number of carbonyl (C=O) groups excluding carboxylic acids is 2. The maximum absolute atomic E-state index is 13.2. The summed E-state index contributed by atoms with van der Waals surface area (Å²) in [6.07, 6.45) is -9.09. The topological polar surface area (TPSA) is 106 Å². The van der Waals surface area contributed by atoms with Crippen LogP contribution in [0.1, 0.15) is 63.5 Å². The molecule has 1 N–H and O–H groups in total. The van der Waals surface area contributed by atoms with Crippen molar-refractivity contribution in [3.05, 3.63) is 64.6 Å². The highest BCUT2D eigenvalue weighted by Crippen LogP contribution is 2.36. The molecule has 37 heavy (non-hydrogen) atoms. The molecule has 0 saturated heterocycles. The number of hydrogen-bond acceptors (Lipinski definition) is 6. The average molecular weight is 529 g/mol. The molecule has 0 aliphatic carbocycles. The van der Waals surface area contributed by atoms with Crippen LogP contribution in [-0.4, -0.2) is 55.0 Å². The van der Waals surface area contributed by atoms with Crippen LogP contribution in [0.4, 0.5) is 26.3 Å². The molecule has 0 aliphatic rings. The van der Waals surface area contributed by atoms with Crippen LogP contribution in [0.15, 0.2) is 30.6 Å². The van der Waals surface area contributed by atoms with Crippen LogP contribution >= 0.6 is 0 Å². The number of alkyl halides is 6. The molecule has 198 valence electrons. The lowest BCUT2D eigenvalue weighted by atomic mass is 10.0. The summed E-state index contributed by atoms with van der Waals surface area (Å²) in [6, 6.07) is 0.900. The van der Waals surface area contributed by atoms with Crippen molar-refractivity contribution in [2.75, 3.05) is 13.6 Å². The van der Waals surface area contributed by atoms with Gasteiger partial charge in [0.05, 0.1) is 17.2 Å². The lowest BCUT2D eigenvalue weighted by molar-refractivity contribution is -0.143. The summed E-state index contributed by atoms with van der Waals surface area (Å²) in [5.41, 5.74) is -4.02. The molecule has 0 spiro atoms. The van der Waals surface area contributed by atoms with Crippen LogP contribution in [0.3, 0.4) is 0 Å². The monoisotopic (exact) mass is 529 g/mol. The number of carbonyl (C=O) groups is 2. The molecule has 9 nitrogen and oxygen atoms in total. The van der Waals surface area contributed by atoms with Crippen molar-refractivity contribution in [1.82, 2.24) is 34.9 Å². The van der Waals surface area contributed by atoms with Gasteiger partial charge in [0.1, 0.15) is 17.8 Å². The summed E-state index contributed by atoms with van der Waals surface area (Å²) in [5.74, 6) is -1.19. The van der Waals surface area contributed by atoms with Crippen LogP contribution in [0.5, 0.6) is 0 Å². The molecule has 2 amide bonds. The quantitative estimate of drug-likeness (QED) is 0.485. The molecule has 0 aliphatic heterocycles. The Morgan fingerprint density at radius 1 is 1.03 bits per heavy atom. The Hall–Kier alpha value is -4.04. The summed E-state index contributed by atoms with van der Waals surface area (Å²) in [4.78, 5) is 38.8. The first-order valence-electron chi connectivity index (χ1n) is 10.7. The highest BCUT2D eigenvalue weighted by Gasteiger charge is 2.37. The van der Waals surface area contributed by atoms with Gasteiger partial charge in [-0.05, 0) is 39.0 Å². The molecule has 2 heterocycles. The fourth-order valence-electron chi connectivity index (χ4n) is 3.23. The van der Waals surface area contributed by atoms with Gasteiger partial charge in [-0.1, -0.05) is 0 Å². The molecule has 0 saturated carbocycles. The van der Waals surface area contributed by atoms with Crippen molar-refractivity contribution in [2.24, 2.45) is 0 Å². The lowest BCUT2D eigenvalue weighted by Gasteiger charge is -2.17. The minimum absolute atomic E-state index is 0.0498. The van der Waals surface area contributed by atoms with Gasteiger partial charge in [0.15, 0.2) is 11.6 Å². The van der Waals surface area contributed by atoms with Gasteiger partial charge < -0.3 is 10.2 Å². The van der Waals surface area contributed by atoms with E-state index in [-0.39, 0.29) is 29.2 Å². The van der Waals surface area contributed by atoms with Crippen molar-refractivity contribution in [3.63, 3.8) is 0 Å². The standard InChI is InChI=1S/C22H21F6N7O2/c1-5-34(4)20(37)16-9-17(30-10-29-16)35-18(32-12(3)33-35)11(2)31-19(36)13-6-14(21(23,24)25)8-15(7-13)22(26,27)28/h6-11H,5H2,1-4H3,(H,31,36)/t11-/m0/s1. The van der Waals surface area contributed by atoms with E-state index >= 15 is 0 Å². The molecular formula is C22H21F6N7O2. The van der Waals surface area contributed by atoms with E-state index in [1.165, 1.54) is 29.5 Å². The van der Waals surface area contributed by atoms with Crippen molar-refractivity contribution in [3.8, 4) is 5.82 Å². The van der Waals surface area contributed by atoms with Crippen molar-refractivity contribution in [2.45, 2.75) is 39.2 Å². The molecule has 0 bridgehead atoms. The number of halogens is 6. The number of amides is 2. The number of benzene rings is 1. The first kappa shape index (κ1) is 27.5. The fourth-order valence-corrected chi connectivity index (χ4v) is 3.23. The SMILES string of the molecule is CCN(C)C(=O)c1cc(-n2nc(C)nc2[C@H](C)NC(=O)c2cc(C(F)(F)F)cc(C(F)(F)F)c2)ncn1. The zero-order chi connectivity index (χ0) is 27.7. The number of nitrogens with one attached hydrogen (secondary N) is 1. The summed E-state index contributed by atoms with van der Waals surface area (Å²) < 4.78 is 80.2. The van der Waals surface area contributed by atoms with Gasteiger partial charge in [0.25, 0.3) is 11.8 Å². The normalized spacial score (nSPS) is 12.8. The van der Waals surface area contributed by atoms with E-state index in [9.17, 15) is 35.9 Å². The van der Waals surface area contributed by atoms with Gasteiger partial charge in [-0.15, -0.1) is 5.10 Å². The van der Waals surface area contributed by atoms with Crippen LogP contribution in [0.2, 0.25) is 0 Å². The van der Waals surface area contributed by atoms with Gasteiger partial charge >= 0.3 is 12.4 Å². The summed E-state index contributed by atoms with van der Waals surface area (Å²) in [7, 11) is 1.57. The second-order valence-corrected chi connectivity index (χ2v) is 8.00. The molecule has 0 radical (unpaired) electrons. The molecule has 0 fully saturated rings. The van der Waals surface area contributed by atoms with E-state index in [1.807, 2.05) is 0 Å². The summed E-state index contributed by atoms with van der Waals surface area (Å²) in [6.45, 7) is 5.12. The first-order valence-corrected chi connectivity index (χ1v) is 10.7. The molecule has 3 rings (SSSR count). The number of aromatic nitrogens is 5. The number of hydrogen-bond donors (Lipinski definition) is 1. The van der Waals surface area contributed by atoms with Gasteiger partial charge in [-0.3, -0.25) is 9.59 Å². The van der Waals surface area contributed by atoms with Crippen LogP contribution in [0.25, 0.3) is 5.82 Å². The van der Waals surface area contributed by atoms with E-state index in [0.29, 0.717) is 18.7 Å². The Morgan fingerprint density at radius 2 is 1.62 bits per heavy atom. The third-order valence-electron chi connectivity index (χ3n) is 5.23. The van der Waals surface area contributed by atoms with Gasteiger partial charge in [-0.25, -0.2) is 15.0 Å². The molecule has 3 aromatic rings. The minimum atomic E-state index is -5.10. The van der Waals surface area contributed by atoms with E-state index < -0.39 is 46.9 Å². The molecule has 15 heteroatoms. The minimum Gasteiger partial charge on any atom is -0.342 e. The van der Waals surface area contributed by atoms with Crippen LogP contribution in [0, 0.1) is 6.92 Å². The predicted octanol–water partition coefficient (Wildman–Crippen LogP) is 3.99. The van der Waals surface area contributed by atoms with Gasteiger partial charge in [0, 0.05) is 25.2 Å². The lowest BCUT2D eigenvalue weighted by Crippen LogP contribution is -2.30. The zero-order valence-electron chi connectivity index (χ0n) is 19.9. The van der Waals surface area contributed by atoms with E-state index in [1.54, 1.807) is 14.0 Å². The fraction of sp³-hybridized carbons (Fsp3) is 0.364. The molecule has 2 aromatic heterocycles. The molecule has 1 atom stereocenters. The average Bonchev–Trinajstić information content (AvgIpc) is 3.23. The number of rotatable bonds is 6. The molecule has 0 unspecified atom stereocenters. The Bertz CT molecular complexity index is 1290. The zero-order valence-corrected chi connectivity index (χ0v) is 19.9. The summed E-state index contributed by atoms with van der Waals surface area (Å²) >= 11 is 0.